The summed E-state index contributed by atoms with van der Waals surface area (Å²) in [4.78, 5) is 12.5. The summed E-state index contributed by atoms with van der Waals surface area (Å²) in [5, 5.41) is 10.2. The van der Waals surface area contributed by atoms with Crippen LogP contribution in [0.5, 0.6) is 11.5 Å². The van der Waals surface area contributed by atoms with E-state index >= 15 is 0 Å². The number of rotatable bonds is 1. The number of carbonyl (C=O) groups excluding carboxylic acids is 1. The van der Waals surface area contributed by atoms with Crippen molar-refractivity contribution in [3.63, 3.8) is 0 Å². The summed E-state index contributed by atoms with van der Waals surface area (Å²) < 4.78 is 10.7. The maximum atomic E-state index is 12.5. The average molecular weight is 272 g/mol. The van der Waals surface area contributed by atoms with Crippen molar-refractivity contribution in [3.8, 4) is 11.5 Å². The van der Waals surface area contributed by atoms with Crippen molar-refractivity contribution >= 4 is 5.78 Å². The van der Waals surface area contributed by atoms with Crippen molar-refractivity contribution < 1.29 is 19.1 Å². The number of hydrogen-bond donors (Lipinski definition) is 1. The highest BCUT2D eigenvalue weighted by atomic mass is 16.5. The maximum Gasteiger partial charge on any atom is 0.232 e. The fourth-order valence-electron chi connectivity index (χ4n) is 3.18. The highest BCUT2D eigenvalue weighted by molar-refractivity contribution is 6.13. The van der Waals surface area contributed by atoms with Crippen LogP contribution in [0.3, 0.4) is 0 Å². The molecular weight excluding hydrogens is 256 g/mol. The first-order valence-electron chi connectivity index (χ1n) is 6.50. The zero-order chi connectivity index (χ0) is 14.6. The Morgan fingerprint density at radius 2 is 2.00 bits per heavy atom. The van der Waals surface area contributed by atoms with Gasteiger partial charge in [0.05, 0.1) is 18.9 Å². The Labute approximate surface area is 117 Å². The quantitative estimate of drug-likeness (QED) is 0.865. The largest absolute Gasteiger partial charge is 0.507 e. The number of aryl methyl sites for hydroxylation is 1. The van der Waals surface area contributed by atoms with Gasteiger partial charge in [0.25, 0.3) is 0 Å². The van der Waals surface area contributed by atoms with Gasteiger partial charge in [0.1, 0.15) is 11.5 Å². The highest BCUT2D eigenvalue weighted by Crippen LogP contribution is 2.46. The van der Waals surface area contributed by atoms with E-state index in [-0.39, 0.29) is 17.5 Å². The number of carbonyl (C=O) groups is 1. The van der Waals surface area contributed by atoms with Gasteiger partial charge >= 0.3 is 0 Å². The minimum Gasteiger partial charge on any atom is -0.507 e. The molecule has 1 atom stereocenters. The van der Waals surface area contributed by atoms with Crippen LogP contribution in [0.1, 0.15) is 51.2 Å². The molecule has 1 aliphatic carbocycles. The summed E-state index contributed by atoms with van der Waals surface area (Å²) in [5.74, 6) is 0.591. The Hall–Kier alpha value is -2.23. The molecule has 0 saturated carbocycles. The molecule has 4 heteroatoms. The molecular formula is C16H16O4. The van der Waals surface area contributed by atoms with Crippen LogP contribution < -0.4 is 4.74 Å². The Morgan fingerprint density at radius 3 is 2.65 bits per heavy atom. The van der Waals surface area contributed by atoms with E-state index in [9.17, 15) is 9.90 Å². The van der Waals surface area contributed by atoms with Gasteiger partial charge in [-0.05, 0) is 30.5 Å². The first-order valence-corrected chi connectivity index (χ1v) is 6.50. The van der Waals surface area contributed by atoms with E-state index in [0.717, 1.165) is 22.3 Å². The SMILES string of the molecule is COc1cc(O)c2c(c1C)[C@H](C)c1c(C)coc1C2=O. The smallest absolute Gasteiger partial charge is 0.232 e. The number of fused-ring (bicyclic) bond motifs is 2. The first-order chi connectivity index (χ1) is 9.47. The number of ketones is 1. The van der Waals surface area contributed by atoms with Crippen LogP contribution in [0.15, 0.2) is 16.7 Å². The number of furan rings is 1. The van der Waals surface area contributed by atoms with Crippen molar-refractivity contribution in [1.29, 1.82) is 0 Å². The second-order valence-electron chi connectivity index (χ2n) is 5.22. The number of phenols is 1. The monoisotopic (exact) mass is 272 g/mol. The molecule has 0 unspecified atom stereocenters. The van der Waals surface area contributed by atoms with Gasteiger partial charge in [-0.1, -0.05) is 6.92 Å². The Morgan fingerprint density at radius 1 is 1.30 bits per heavy atom. The second-order valence-corrected chi connectivity index (χ2v) is 5.22. The van der Waals surface area contributed by atoms with Crippen molar-refractivity contribution in [2.45, 2.75) is 26.7 Å². The zero-order valence-corrected chi connectivity index (χ0v) is 11.9. The minimum absolute atomic E-state index is 0.0163. The van der Waals surface area contributed by atoms with Gasteiger partial charge in [-0.3, -0.25) is 4.79 Å². The molecule has 1 aromatic carbocycles. The number of aromatic hydroxyl groups is 1. The van der Waals surface area contributed by atoms with Gasteiger partial charge in [0, 0.05) is 17.5 Å². The normalized spacial score (nSPS) is 16.8. The molecule has 3 rings (SSSR count). The fourth-order valence-corrected chi connectivity index (χ4v) is 3.18. The molecule has 0 amide bonds. The van der Waals surface area contributed by atoms with Gasteiger partial charge in [-0.25, -0.2) is 0 Å². The predicted molar refractivity (Wildman–Crippen MR) is 73.8 cm³/mol. The van der Waals surface area contributed by atoms with E-state index in [1.807, 2.05) is 20.8 Å². The molecule has 0 spiro atoms. The Kier molecular flexibility index (Phi) is 2.64. The van der Waals surface area contributed by atoms with Gasteiger partial charge in [-0.15, -0.1) is 0 Å². The fraction of sp³-hybridized carbons (Fsp3) is 0.312. The van der Waals surface area contributed by atoms with E-state index in [4.69, 9.17) is 9.15 Å². The first kappa shape index (κ1) is 12.8. The van der Waals surface area contributed by atoms with Crippen LogP contribution in [0.2, 0.25) is 0 Å². The Balaban J connectivity index is 2.37. The van der Waals surface area contributed by atoms with E-state index in [1.165, 1.54) is 6.07 Å². The summed E-state index contributed by atoms with van der Waals surface area (Å²) >= 11 is 0. The molecule has 1 heterocycles. The molecule has 20 heavy (non-hydrogen) atoms. The number of ether oxygens (including phenoxy) is 1. The van der Waals surface area contributed by atoms with Gasteiger partial charge in [0.2, 0.25) is 5.78 Å². The average Bonchev–Trinajstić information content (AvgIpc) is 2.80. The third-order valence-corrected chi connectivity index (χ3v) is 4.11. The van der Waals surface area contributed by atoms with Crippen molar-refractivity contribution in [2.24, 2.45) is 0 Å². The van der Waals surface area contributed by atoms with E-state index in [2.05, 4.69) is 0 Å². The van der Waals surface area contributed by atoms with Gasteiger partial charge in [-0.2, -0.15) is 0 Å². The topological polar surface area (TPSA) is 59.7 Å². The second kappa shape index (κ2) is 4.13. The lowest BCUT2D eigenvalue weighted by atomic mass is 9.78. The van der Waals surface area contributed by atoms with Crippen LogP contribution in [0.25, 0.3) is 0 Å². The van der Waals surface area contributed by atoms with Crippen molar-refractivity contribution in [1.82, 2.24) is 0 Å². The lowest BCUT2D eigenvalue weighted by Crippen LogP contribution is -2.19. The molecule has 0 bridgehead atoms. The van der Waals surface area contributed by atoms with Crippen LogP contribution in [-0.2, 0) is 0 Å². The lowest BCUT2D eigenvalue weighted by Gasteiger charge is -2.25. The summed E-state index contributed by atoms with van der Waals surface area (Å²) in [6, 6.07) is 1.49. The van der Waals surface area contributed by atoms with E-state index < -0.39 is 0 Å². The van der Waals surface area contributed by atoms with Gasteiger partial charge < -0.3 is 14.3 Å². The van der Waals surface area contributed by atoms with Crippen LogP contribution in [0.4, 0.5) is 0 Å². The van der Waals surface area contributed by atoms with Crippen molar-refractivity contribution in [3.05, 3.63) is 45.9 Å². The van der Waals surface area contributed by atoms with Crippen LogP contribution >= 0.6 is 0 Å². The molecule has 1 aromatic heterocycles. The van der Waals surface area contributed by atoms with Crippen LogP contribution in [-0.4, -0.2) is 18.0 Å². The number of phenolic OH excluding ortho intramolecular Hbond substituents is 1. The standard InChI is InChI=1S/C16H16O4/c1-7-6-20-16-12(7)9(3)13-8(2)11(19-4)5-10(17)14(13)15(16)18/h5-6,9,17H,1-4H3/t9-/m1/s1. The third kappa shape index (κ3) is 1.45. The van der Waals surface area contributed by atoms with Crippen LogP contribution in [0, 0.1) is 13.8 Å². The minimum atomic E-state index is -0.260. The summed E-state index contributed by atoms with van der Waals surface area (Å²) in [6.07, 6.45) is 1.59. The van der Waals surface area contributed by atoms with E-state index in [1.54, 1.807) is 13.4 Å². The molecule has 0 radical (unpaired) electrons. The number of methoxy groups -OCH3 is 1. The molecule has 1 N–H and O–H groups in total. The highest BCUT2D eigenvalue weighted by Gasteiger charge is 2.36. The zero-order valence-electron chi connectivity index (χ0n) is 11.9. The maximum absolute atomic E-state index is 12.5. The third-order valence-electron chi connectivity index (χ3n) is 4.11. The van der Waals surface area contributed by atoms with Crippen molar-refractivity contribution in [2.75, 3.05) is 7.11 Å². The predicted octanol–water partition coefficient (Wildman–Crippen LogP) is 3.31. The molecule has 0 aliphatic heterocycles. The van der Waals surface area contributed by atoms with E-state index in [0.29, 0.717) is 17.1 Å². The summed E-state index contributed by atoms with van der Waals surface area (Å²) in [5.41, 5.74) is 3.89. The molecule has 0 saturated heterocycles. The lowest BCUT2D eigenvalue weighted by molar-refractivity contribution is 0.1000. The van der Waals surface area contributed by atoms with Gasteiger partial charge in [0.15, 0.2) is 5.76 Å². The molecule has 4 nitrogen and oxygen atoms in total. The summed E-state index contributed by atoms with van der Waals surface area (Å²) in [7, 11) is 1.55. The number of hydrogen-bond acceptors (Lipinski definition) is 4. The molecule has 104 valence electrons. The molecule has 1 aliphatic rings. The molecule has 2 aromatic rings. The Bertz CT molecular complexity index is 725. The number of benzene rings is 1. The molecule has 0 fully saturated rings. The summed E-state index contributed by atoms with van der Waals surface area (Å²) in [6.45, 7) is 5.84.